The molecule has 0 amide bonds. The van der Waals surface area contributed by atoms with Gasteiger partial charge in [-0.2, -0.15) is 18.4 Å². The van der Waals surface area contributed by atoms with Crippen LogP contribution in [-0.4, -0.2) is 13.1 Å². The summed E-state index contributed by atoms with van der Waals surface area (Å²) < 4.78 is 48.0. The summed E-state index contributed by atoms with van der Waals surface area (Å²) in [6.45, 7) is 0. The number of alkyl halides is 3. The largest absolute Gasteiger partial charge is 0.493 e. The molecule has 2 aromatic carbocycles. The van der Waals surface area contributed by atoms with Crippen LogP contribution >= 0.6 is 0 Å². The number of nitrogens with zero attached hydrogens (tertiary/aromatic N) is 1. The van der Waals surface area contributed by atoms with E-state index in [9.17, 15) is 18.0 Å². The maximum Gasteiger partial charge on any atom is 0.416 e. The monoisotopic (exact) mass is 347 g/mol. The highest BCUT2D eigenvalue weighted by molar-refractivity contribution is 5.89. The molecule has 0 spiro atoms. The number of nitriles is 1. The van der Waals surface area contributed by atoms with Gasteiger partial charge in [-0.1, -0.05) is 12.1 Å². The fourth-order valence-corrected chi connectivity index (χ4v) is 1.95. The van der Waals surface area contributed by atoms with Crippen molar-refractivity contribution in [2.45, 2.75) is 6.18 Å². The molecule has 7 heteroatoms. The molecule has 0 atom stereocenters. The van der Waals surface area contributed by atoms with Gasteiger partial charge in [0.25, 0.3) is 0 Å². The normalized spacial score (nSPS) is 11.2. The summed E-state index contributed by atoms with van der Waals surface area (Å²) >= 11 is 0. The average Bonchev–Trinajstić information content (AvgIpc) is 2.60. The molecule has 0 saturated heterocycles. The Morgan fingerprint density at radius 2 is 1.92 bits per heavy atom. The van der Waals surface area contributed by atoms with E-state index in [1.165, 1.54) is 43.5 Å². The van der Waals surface area contributed by atoms with Crippen molar-refractivity contribution >= 4 is 12.0 Å². The molecule has 0 fully saturated rings. The molecule has 0 saturated carbocycles. The van der Waals surface area contributed by atoms with Crippen LogP contribution in [0.3, 0.4) is 0 Å². The fourth-order valence-electron chi connectivity index (χ4n) is 1.95. The van der Waals surface area contributed by atoms with Gasteiger partial charge in [0, 0.05) is 12.1 Å². The van der Waals surface area contributed by atoms with E-state index in [2.05, 4.69) is 0 Å². The van der Waals surface area contributed by atoms with Gasteiger partial charge in [0.05, 0.1) is 24.3 Å². The summed E-state index contributed by atoms with van der Waals surface area (Å²) in [6.07, 6.45) is -2.24. The van der Waals surface area contributed by atoms with Gasteiger partial charge in [-0.3, -0.25) is 0 Å². The predicted octanol–water partition coefficient (Wildman–Crippen LogP) is 4.20. The Labute approximate surface area is 141 Å². The van der Waals surface area contributed by atoms with Gasteiger partial charge in [0.1, 0.15) is 0 Å². The van der Waals surface area contributed by atoms with Crippen molar-refractivity contribution in [1.82, 2.24) is 0 Å². The second-order valence-corrected chi connectivity index (χ2v) is 4.86. The number of esters is 1. The summed E-state index contributed by atoms with van der Waals surface area (Å²) in [7, 11) is 1.35. The second-order valence-electron chi connectivity index (χ2n) is 4.86. The number of benzene rings is 2. The van der Waals surface area contributed by atoms with Crippen LogP contribution in [0.25, 0.3) is 6.08 Å². The molecule has 0 unspecified atom stereocenters. The van der Waals surface area contributed by atoms with Gasteiger partial charge in [0.2, 0.25) is 0 Å². The van der Waals surface area contributed by atoms with Gasteiger partial charge in [-0.15, -0.1) is 0 Å². The molecule has 4 nitrogen and oxygen atoms in total. The highest BCUT2D eigenvalue weighted by Gasteiger charge is 2.30. The molecule has 0 aliphatic carbocycles. The molecule has 0 heterocycles. The number of halogens is 3. The average molecular weight is 347 g/mol. The number of hydrogen-bond donors (Lipinski definition) is 0. The molecular formula is C18H12F3NO3. The summed E-state index contributed by atoms with van der Waals surface area (Å²) in [5.41, 5.74) is -0.272. The first-order valence-electron chi connectivity index (χ1n) is 6.99. The Morgan fingerprint density at radius 3 is 2.56 bits per heavy atom. The third-order valence-electron chi connectivity index (χ3n) is 3.13. The minimum atomic E-state index is -4.46. The van der Waals surface area contributed by atoms with Crippen LogP contribution in [0.1, 0.15) is 16.7 Å². The lowest BCUT2D eigenvalue weighted by atomic mass is 10.1. The number of carbonyl (C=O) groups is 1. The third-order valence-corrected chi connectivity index (χ3v) is 3.13. The summed E-state index contributed by atoms with van der Waals surface area (Å²) in [4.78, 5) is 11.8. The van der Waals surface area contributed by atoms with Gasteiger partial charge in [-0.25, -0.2) is 4.79 Å². The van der Waals surface area contributed by atoms with Crippen molar-refractivity contribution in [1.29, 1.82) is 5.26 Å². The molecule has 0 aliphatic rings. The number of hydrogen-bond acceptors (Lipinski definition) is 4. The van der Waals surface area contributed by atoms with Crippen LogP contribution in [0.4, 0.5) is 13.2 Å². The van der Waals surface area contributed by atoms with Gasteiger partial charge >= 0.3 is 12.1 Å². The quantitative estimate of drug-likeness (QED) is 0.472. The predicted molar refractivity (Wildman–Crippen MR) is 83.8 cm³/mol. The molecule has 0 bridgehead atoms. The van der Waals surface area contributed by atoms with E-state index in [0.717, 1.165) is 18.2 Å². The van der Waals surface area contributed by atoms with Crippen LogP contribution < -0.4 is 9.47 Å². The van der Waals surface area contributed by atoms with Crippen molar-refractivity contribution in [2.75, 3.05) is 7.11 Å². The first kappa shape index (κ1) is 18.1. The summed E-state index contributed by atoms with van der Waals surface area (Å²) in [5, 5.41) is 8.82. The first-order chi connectivity index (χ1) is 11.8. The molecule has 0 radical (unpaired) electrons. The zero-order chi connectivity index (χ0) is 18.4. The van der Waals surface area contributed by atoms with Crippen LogP contribution in [-0.2, 0) is 11.0 Å². The smallest absolute Gasteiger partial charge is 0.416 e. The molecule has 128 valence electrons. The maximum atomic E-state index is 12.6. The molecule has 2 aromatic rings. The lowest BCUT2D eigenvalue weighted by Crippen LogP contribution is -2.06. The fraction of sp³-hybridized carbons (Fsp3) is 0.111. The van der Waals surface area contributed by atoms with E-state index in [1.807, 2.05) is 6.07 Å². The van der Waals surface area contributed by atoms with E-state index in [1.54, 1.807) is 0 Å². The second kappa shape index (κ2) is 7.53. The van der Waals surface area contributed by atoms with Crippen LogP contribution in [0, 0.1) is 11.3 Å². The van der Waals surface area contributed by atoms with Crippen molar-refractivity contribution in [3.05, 3.63) is 65.2 Å². The highest BCUT2D eigenvalue weighted by Crippen LogP contribution is 2.30. The standard InChI is InChI=1S/C18H12F3NO3/c1-24-16-10-13(11-22)5-7-15(16)25-17(23)8-6-12-3-2-4-14(9-12)18(19,20)21/h2-10H,1H3/b8-6+. The zero-order valence-electron chi connectivity index (χ0n) is 13.0. The van der Waals surface area contributed by atoms with E-state index in [4.69, 9.17) is 14.7 Å². The topological polar surface area (TPSA) is 59.3 Å². The maximum absolute atomic E-state index is 12.6. The number of ether oxygens (including phenoxy) is 2. The molecule has 0 aliphatic heterocycles. The van der Waals surface area contributed by atoms with Crippen molar-refractivity contribution in [2.24, 2.45) is 0 Å². The van der Waals surface area contributed by atoms with Crippen molar-refractivity contribution in [3.8, 4) is 17.6 Å². The highest BCUT2D eigenvalue weighted by atomic mass is 19.4. The lowest BCUT2D eigenvalue weighted by molar-refractivity contribution is -0.137. The molecular weight excluding hydrogens is 335 g/mol. The van der Waals surface area contributed by atoms with E-state index in [0.29, 0.717) is 5.56 Å². The molecule has 0 N–H and O–H groups in total. The van der Waals surface area contributed by atoms with Crippen molar-refractivity contribution < 1.29 is 27.4 Å². The van der Waals surface area contributed by atoms with Crippen LogP contribution in [0.15, 0.2) is 48.5 Å². The van der Waals surface area contributed by atoms with Crippen molar-refractivity contribution in [3.63, 3.8) is 0 Å². The Morgan fingerprint density at radius 1 is 1.16 bits per heavy atom. The summed E-state index contributed by atoms with van der Waals surface area (Å²) in [6, 6.07) is 10.7. The van der Waals surface area contributed by atoms with Gasteiger partial charge < -0.3 is 9.47 Å². The molecule has 2 rings (SSSR count). The first-order valence-corrected chi connectivity index (χ1v) is 6.99. The molecule has 25 heavy (non-hydrogen) atoms. The number of rotatable bonds is 4. The SMILES string of the molecule is COc1cc(C#N)ccc1OC(=O)/C=C/c1cccc(C(F)(F)F)c1. The van der Waals surface area contributed by atoms with Gasteiger partial charge in [-0.05, 0) is 35.9 Å². The van der Waals surface area contributed by atoms with E-state index in [-0.39, 0.29) is 17.1 Å². The lowest BCUT2D eigenvalue weighted by Gasteiger charge is -2.08. The minimum absolute atomic E-state index is 0.0974. The van der Waals surface area contributed by atoms with E-state index >= 15 is 0 Å². The molecule has 0 aromatic heterocycles. The van der Waals surface area contributed by atoms with Gasteiger partial charge in [0.15, 0.2) is 11.5 Å². The Kier molecular flexibility index (Phi) is 5.45. The van der Waals surface area contributed by atoms with Crippen LogP contribution in [0.5, 0.6) is 11.5 Å². The Hall–Kier alpha value is -3.27. The minimum Gasteiger partial charge on any atom is -0.493 e. The number of carbonyl (C=O) groups excluding carboxylic acids is 1. The van der Waals surface area contributed by atoms with E-state index < -0.39 is 17.7 Å². The Bertz CT molecular complexity index is 851. The summed E-state index contributed by atoms with van der Waals surface area (Å²) in [5.74, 6) is -0.500. The Balaban J connectivity index is 2.13. The number of methoxy groups -OCH3 is 1. The zero-order valence-corrected chi connectivity index (χ0v) is 13.0. The third kappa shape index (κ3) is 4.85. The van der Waals surface area contributed by atoms with Crippen LogP contribution in [0.2, 0.25) is 0 Å².